The number of aliphatic hydroxyl groups excluding tert-OH is 1. The van der Waals surface area contributed by atoms with Crippen LogP contribution < -0.4 is 4.74 Å². The highest BCUT2D eigenvalue weighted by Gasteiger charge is 2.12. The van der Waals surface area contributed by atoms with Crippen molar-refractivity contribution in [1.82, 2.24) is 0 Å². The van der Waals surface area contributed by atoms with Crippen LogP contribution in [0.1, 0.15) is 30.6 Å². The number of hydrogen-bond donors (Lipinski definition) is 1. The molecule has 0 aliphatic heterocycles. The lowest BCUT2D eigenvalue weighted by Crippen LogP contribution is -2.00. The summed E-state index contributed by atoms with van der Waals surface area (Å²) in [5.41, 5.74) is 1.49. The van der Waals surface area contributed by atoms with Gasteiger partial charge in [0.15, 0.2) is 0 Å². The Hall–Kier alpha value is -1.22. The number of rotatable bonds is 5. The van der Waals surface area contributed by atoms with Crippen LogP contribution in [-0.2, 0) is 0 Å². The second-order valence-electron chi connectivity index (χ2n) is 4.49. The number of benzene rings is 2. The zero-order chi connectivity index (χ0) is 14.5. The molecule has 0 aromatic heterocycles. The van der Waals surface area contributed by atoms with E-state index in [2.05, 4.69) is 6.92 Å². The van der Waals surface area contributed by atoms with E-state index in [1.165, 1.54) is 0 Å². The van der Waals surface area contributed by atoms with Crippen LogP contribution in [0.4, 0.5) is 0 Å². The molecule has 4 heteroatoms. The second kappa shape index (κ2) is 6.98. The molecule has 1 N–H and O–H groups in total. The van der Waals surface area contributed by atoms with Gasteiger partial charge in [-0.2, -0.15) is 0 Å². The molecule has 2 aromatic rings. The molecule has 0 amide bonds. The summed E-state index contributed by atoms with van der Waals surface area (Å²) in [4.78, 5) is 0. The molecule has 2 aromatic carbocycles. The third kappa shape index (κ3) is 3.66. The fourth-order valence-corrected chi connectivity index (χ4v) is 2.15. The lowest BCUT2D eigenvalue weighted by molar-refractivity contribution is 0.220. The van der Waals surface area contributed by atoms with Gasteiger partial charge in [-0.25, -0.2) is 0 Å². The largest absolute Gasteiger partial charge is 0.494 e. The molecule has 1 unspecified atom stereocenters. The van der Waals surface area contributed by atoms with E-state index in [-0.39, 0.29) is 0 Å². The van der Waals surface area contributed by atoms with Crippen molar-refractivity contribution >= 4 is 23.2 Å². The maximum absolute atomic E-state index is 10.3. The van der Waals surface area contributed by atoms with Crippen LogP contribution in [-0.4, -0.2) is 11.7 Å². The van der Waals surface area contributed by atoms with Gasteiger partial charge < -0.3 is 9.84 Å². The van der Waals surface area contributed by atoms with Crippen LogP contribution in [0.15, 0.2) is 42.5 Å². The van der Waals surface area contributed by atoms with Gasteiger partial charge in [-0.05, 0) is 41.8 Å². The van der Waals surface area contributed by atoms with Crippen molar-refractivity contribution in [2.45, 2.75) is 19.4 Å². The Morgan fingerprint density at radius 2 is 1.65 bits per heavy atom. The minimum absolute atomic E-state index is 0.436. The second-order valence-corrected chi connectivity index (χ2v) is 5.31. The molecule has 0 spiro atoms. The first-order chi connectivity index (χ1) is 9.61. The van der Waals surface area contributed by atoms with Crippen LogP contribution in [0.5, 0.6) is 5.75 Å². The SMILES string of the molecule is CCCOc1ccc(C(O)c2ccc(Cl)c(Cl)c2)cc1. The summed E-state index contributed by atoms with van der Waals surface area (Å²) in [7, 11) is 0. The summed E-state index contributed by atoms with van der Waals surface area (Å²) >= 11 is 11.8. The van der Waals surface area contributed by atoms with Gasteiger partial charge in [0.1, 0.15) is 11.9 Å². The Kier molecular flexibility index (Phi) is 5.30. The molecular formula is C16H16Cl2O2. The Balaban J connectivity index is 2.15. The van der Waals surface area contributed by atoms with E-state index in [1.807, 2.05) is 24.3 Å². The van der Waals surface area contributed by atoms with E-state index >= 15 is 0 Å². The average molecular weight is 311 g/mol. The minimum atomic E-state index is -0.731. The molecule has 0 saturated carbocycles. The summed E-state index contributed by atoms with van der Waals surface area (Å²) < 4.78 is 5.51. The summed E-state index contributed by atoms with van der Waals surface area (Å²) in [5, 5.41) is 11.2. The van der Waals surface area contributed by atoms with E-state index < -0.39 is 6.10 Å². The summed E-state index contributed by atoms with van der Waals surface area (Å²) in [5.74, 6) is 0.803. The van der Waals surface area contributed by atoms with Gasteiger partial charge in [-0.15, -0.1) is 0 Å². The van der Waals surface area contributed by atoms with Crippen molar-refractivity contribution in [3.63, 3.8) is 0 Å². The summed E-state index contributed by atoms with van der Waals surface area (Å²) in [6.45, 7) is 2.75. The monoisotopic (exact) mass is 310 g/mol. The molecular weight excluding hydrogens is 295 g/mol. The molecule has 0 radical (unpaired) electrons. The van der Waals surface area contributed by atoms with Crippen LogP contribution in [0, 0.1) is 0 Å². The van der Waals surface area contributed by atoms with Crippen LogP contribution >= 0.6 is 23.2 Å². The van der Waals surface area contributed by atoms with E-state index in [0.717, 1.165) is 17.7 Å². The number of aliphatic hydroxyl groups is 1. The molecule has 0 bridgehead atoms. The first kappa shape index (κ1) is 15.2. The molecule has 2 rings (SSSR count). The molecule has 0 aliphatic rings. The molecule has 0 heterocycles. The van der Waals surface area contributed by atoms with Gasteiger partial charge in [-0.1, -0.05) is 48.3 Å². The van der Waals surface area contributed by atoms with E-state index in [1.54, 1.807) is 18.2 Å². The van der Waals surface area contributed by atoms with Crippen molar-refractivity contribution in [1.29, 1.82) is 0 Å². The number of hydrogen-bond acceptors (Lipinski definition) is 2. The predicted molar refractivity (Wildman–Crippen MR) is 82.8 cm³/mol. The summed E-state index contributed by atoms with van der Waals surface area (Å²) in [6.07, 6.45) is 0.234. The standard InChI is InChI=1S/C16H16Cl2O2/c1-2-9-20-13-6-3-11(4-7-13)16(19)12-5-8-14(17)15(18)10-12/h3-8,10,16,19H,2,9H2,1H3. The lowest BCUT2D eigenvalue weighted by Gasteiger charge is -2.13. The normalized spacial score (nSPS) is 12.2. The summed E-state index contributed by atoms with van der Waals surface area (Å²) in [6, 6.07) is 12.5. The van der Waals surface area contributed by atoms with Crippen molar-refractivity contribution in [3.05, 3.63) is 63.6 Å². The highest BCUT2D eigenvalue weighted by Crippen LogP contribution is 2.29. The van der Waals surface area contributed by atoms with E-state index in [9.17, 15) is 5.11 Å². The van der Waals surface area contributed by atoms with Crippen LogP contribution in [0.25, 0.3) is 0 Å². The molecule has 1 atom stereocenters. The quantitative estimate of drug-likeness (QED) is 0.854. The first-order valence-corrected chi connectivity index (χ1v) is 7.23. The Morgan fingerprint density at radius 3 is 2.25 bits per heavy atom. The average Bonchev–Trinajstić information content (AvgIpc) is 2.48. The van der Waals surface area contributed by atoms with E-state index in [4.69, 9.17) is 27.9 Å². The smallest absolute Gasteiger partial charge is 0.119 e. The topological polar surface area (TPSA) is 29.5 Å². The number of ether oxygens (including phenoxy) is 1. The fraction of sp³-hybridized carbons (Fsp3) is 0.250. The van der Waals surface area contributed by atoms with Gasteiger partial charge in [0.25, 0.3) is 0 Å². The Labute approximate surface area is 128 Å². The van der Waals surface area contributed by atoms with Crippen molar-refractivity contribution < 1.29 is 9.84 Å². The maximum atomic E-state index is 10.3. The third-order valence-corrected chi connectivity index (χ3v) is 3.67. The van der Waals surface area contributed by atoms with Crippen LogP contribution in [0.2, 0.25) is 10.0 Å². The van der Waals surface area contributed by atoms with E-state index in [0.29, 0.717) is 22.2 Å². The molecule has 2 nitrogen and oxygen atoms in total. The molecule has 0 saturated heterocycles. The lowest BCUT2D eigenvalue weighted by atomic mass is 10.0. The first-order valence-electron chi connectivity index (χ1n) is 6.47. The predicted octanol–water partition coefficient (Wildman–Crippen LogP) is 4.86. The van der Waals surface area contributed by atoms with Gasteiger partial charge >= 0.3 is 0 Å². The van der Waals surface area contributed by atoms with Crippen molar-refractivity contribution in [3.8, 4) is 5.75 Å². The highest BCUT2D eigenvalue weighted by molar-refractivity contribution is 6.42. The van der Waals surface area contributed by atoms with Crippen molar-refractivity contribution in [2.75, 3.05) is 6.61 Å². The molecule has 0 aliphatic carbocycles. The maximum Gasteiger partial charge on any atom is 0.119 e. The molecule has 0 fully saturated rings. The highest BCUT2D eigenvalue weighted by atomic mass is 35.5. The van der Waals surface area contributed by atoms with Gasteiger partial charge in [0, 0.05) is 0 Å². The van der Waals surface area contributed by atoms with Gasteiger partial charge in [-0.3, -0.25) is 0 Å². The number of halogens is 2. The minimum Gasteiger partial charge on any atom is -0.494 e. The van der Waals surface area contributed by atoms with Gasteiger partial charge in [0.2, 0.25) is 0 Å². The van der Waals surface area contributed by atoms with Crippen LogP contribution in [0.3, 0.4) is 0 Å². The Morgan fingerprint density at radius 1 is 1.00 bits per heavy atom. The van der Waals surface area contributed by atoms with Gasteiger partial charge in [0.05, 0.1) is 16.7 Å². The van der Waals surface area contributed by atoms with Crippen molar-refractivity contribution in [2.24, 2.45) is 0 Å². The zero-order valence-corrected chi connectivity index (χ0v) is 12.7. The molecule has 20 heavy (non-hydrogen) atoms. The third-order valence-electron chi connectivity index (χ3n) is 2.93. The fourth-order valence-electron chi connectivity index (χ4n) is 1.84. The molecule has 106 valence electrons. The zero-order valence-electron chi connectivity index (χ0n) is 11.1. The Bertz CT molecular complexity index is 567.